The number of aliphatic carboxylic acids is 1. The smallest absolute Gasteiger partial charge is 0.407 e. The summed E-state index contributed by atoms with van der Waals surface area (Å²) in [5, 5.41) is 11.9. The van der Waals surface area contributed by atoms with Crippen LogP contribution in [-0.4, -0.2) is 53.7 Å². The quantitative estimate of drug-likeness (QED) is 0.512. The number of hydrogen-bond acceptors (Lipinski definition) is 4. The van der Waals surface area contributed by atoms with Crippen LogP contribution in [0.4, 0.5) is 4.79 Å². The van der Waals surface area contributed by atoms with E-state index in [4.69, 9.17) is 9.84 Å². The summed E-state index contributed by atoms with van der Waals surface area (Å²) in [6.07, 6.45) is 3.03. The van der Waals surface area contributed by atoms with Crippen LogP contribution in [0, 0.1) is 5.92 Å². The molecule has 2 amide bonds. The fourth-order valence-electron chi connectivity index (χ4n) is 5.30. The molecule has 0 radical (unpaired) electrons. The van der Waals surface area contributed by atoms with Crippen molar-refractivity contribution in [2.75, 3.05) is 19.7 Å². The van der Waals surface area contributed by atoms with Crippen molar-refractivity contribution in [3.05, 3.63) is 59.7 Å². The van der Waals surface area contributed by atoms with E-state index in [0.717, 1.165) is 24.0 Å². The van der Waals surface area contributed by atoms with Gasteiger partial charge in [-0.2, -0.15) is 0 Å². The van der Waals surface area contributed by atoms with E-state index in [1.807, 2.05) is 24.3 Å². The molecule has 1 saturated heterocycles. The van der Waals surface area contributed by atoms with Crippen LogP contribution in [0.2, 0.25) is 0 Å². The molecule has 1 heterocycles. The number of benzene rings is 2. The molecule has 2 aliphatic rings. The molecule has 1 aliphatic heterocycles. The average Bonchev–Trinajstić information content (AvgIpc) is 3.43. The summed E-state index contributed by atoms with van der Waals surface area (Å²) in [7, 11) is 0. The van der Waals surface area contributed by atoms with Gasteiger partial charge in [0.05, 0.1) is 0 Å². The first-order valence-corrected chi connectivity index (χ1v) is 12.6. The van der Waals surface area contributed by atoms with Crippen molar-refractivity contribution < 1.29 is 24.2 Å². The number of carboxylic acids is 1. The van der Waals surface area contributed by atoms with Crippen LogP contribution in [0.5, 0.6) is 0 Å². The van der Waals surface area contributed by atoms with Crippen LogP contribution in [0.1, 0.15) is 62.5 Å². The summed E-state index contributed by atoms with van der Waals surface area (Å²) < 4.78 is 5.68. The van der Waals surface area contributed by atoms with Crippen molar-refractivity contribution >= 4 is 18.0 Å². The normalized spacial score (nSPS) is 17.5. The number of rotatable bonds is 10. The third-order valence-corrected chi connectivity index (χ3v) is 7.09. The third kappa shape index (κ3) is 6.02. The molecular formula is C28H34N2O5. The Morgan fingerprint density at radius 2 is 1.74 bits per heavy atom. The minimum Gasteiger partial charge on any atom is -0.481 e. The molecule has 0 aromatic heterocycles. The number of fused-ring (bicyclic) bond motifs is 3. The number of carbonyl (C=O) groups excluding carboxylic acids is 2. The molecule has 4 rings (SSSR count). The number of nitrogens with zero attached hydrogens (tertiary/aromatic N) is 1. The minimum absolute atomic E-state index is 0.000586. The van der Waals surface area contributed by atoms with Gasteiger partial charge in [0.15, 0.2) is 0 Å². The van der Waals surface area contributed by atoms with Gasteiger partial charge >= 0.3 is 12.1 Å². The van der Waals surface area contributed by atoms with Gasteiger partial charge < -0.3 is 20.1 Å². The highest BCUT2D eigenvalue weighted by atomic mass is 16.5. The van der Waals surface area contributed by atoms with E-state index in [1.54, 1.807) is 4.90 Å². The van der Waals surface area contributed by atoms with Crippen LogP contribution >= 0.6 is 0 Å². The summed E-state index contributed by atoms with van der Waals surface area (Å²) >= 11 is 0. The van der Waals surface area contributed by atoms with Gasteiger partial charge in [-0.05, 0) is 41.0 Å². The summed E-state index contributed by atoms with van der Waals surface area (Å²) in [6, 6.07) is 16.1. The summed E-state index contributed by atoms with van der Waals surface area (Å²) in [6.45, 7) is 3.35. The van der Waals surface area contributed by atoms with Crippen LogP contribution in [0.3, 0.4) is 0 Å². The summed E-state index contributed by atoms with van der Waals surface area (Å²) in [4.78, 5) is 38.3. The van der Waals surface area contributed by atoms with Gasteiger partial charge in [0.25, 0.3) is 0 Å². The molecule has 1 fully saturated rings. The first-order valence-electron chi connectivity index (χ1n) is 12.6. The Hall–Kier alpha value is -3.35. The predicted molar refractivity (Wildman–Crippen MR) is 133 cm³/mol. The fraction of sp³-hybridized carbons (Fsp3) is 0.464. The number of hydrogen-bond donors (Lipinski definition) is 2. The van der Waals surface area contributed by atoms with Crippen molar-refractivity contribution in [3.8, 4) is 11.1 Å². The molecule has 7 heteroatoms. The lowest BCUT2D eigenvalue weighted by Crippen LogP contribution is -2.40. The molecular weight excluding hydrogens is 444 g/mol. The van der Waals surface area contributed by atoms with E-state index in [0.29, 0.717) is 25.9 Å². The first kappa shape index (κ1) is 24.8. The molecule has 0 saturated carbocycles. The minimum atomic E-state index is -0.831. The number of carboxylic acid groups (broad SMARTS) is 1. The topological polar surface area (TPSA) is 95.9 Å². The van der Waals surface area contributed by atoms with Gasteiger partial charge in [-0.15, -0.1) is 0 Å². The number of unbranched alkanes of at least 4 members (excludes halogenated alkanes) is 1. The molecule has 2 aromatic rings. The predicted octanol–water partition coefficient (Wildman–Crippen LogP) is 4.80. The van der Waals surface area contributed by atoms with Gasteiger partial charge in [0.1, 0.15) is 6.61 Å². The second-order valence-corrected chi connectivity index (χ2v) is 9.61. The zero-order chi connectivity index (χ0) is 24.8. The first-order chi connectivity index (χ1) is 17.0. The molecule has 186 valence electrons. The second kappa shape index (κ2) is 11.4. The van der Waals surface area contributed by atoms with Gasteiger partial charge in [-0.3, -0.25) is 9.59 Å². The average molecular weight is 479 g/mol. The lowest BCUT2D eigenvalue weighted by atomic mass is 9.98. The van der Waals surface area contributed by atoms with E-state index in [2.05, 4.69) is 36.5 Å². The Kier molecular flexibility index (Phi) is 8.06. The summed E-state index contributed by atoms with van der Waals surface area (Å²) in [5.41, 5.74) is 4.67. The fourth-order valence-corrected chi connectivity index (χ4v) is 5.30. The van der Waals surface area contributed by atoms with Gasteiger partial charge in [0.2, 0.25) is 5.91 Å². The zero-order valence-electron chi connectivity index (χ0n) is 20.2. The Morgan fingerprint density at radius 3 is 2.37 bits per heavy atom. The van der Waals surface area contributed by atoms with Crippen LogP contribution in [0.15, 0.2) is 48.5 Å². The third-order valence-electron chi connectivity index (χ3n) is 7.09. The maximum Gasteiger partial charge on any atom is 0.407 e. The Bertz CT molecular complexity index is 1020. The number of nitrogens with one attached hydrogen (secondary N) is 1. The van der Waals surface area contributed by atoms with Crippen molar-refractivity contribution in [1.82, 2.24) is 10.2 Å². The van der Waals surface area contributed by atoms with Gasteiger partial charge in [-0.25, -0.2) is 4.79 Å². The highest BCUT2D eigenvalue weighted by Crippen LogP contribution is 2.44. The maximum absolute atomic E-state index is 12.9. The standard InChI is InChI=1S/C28H34N2O5/c1-2-3-8-20(16-26(31)30-14-13-19(17-30)15-27(32)33)29-28(34)35-18-25-23-11-6-4-9-21(23)22-10-5-7-12-24(22)25/h4-7,9-12,19-20,25H,2-3,8,13-18H2,1H3,(H,29,34)(H,32,33)/t19?,20-/m0/s1. The Labute approximate surface area is 206 Å². The zero-order valence-corrected chi connectivity index (χ0v) is 20.2. The van der Waals surface area contributed by atoms with E-state index >= 15 is 0 Å². The van der Waals surface area contributed by atoms with Crippen molar-refractivity contribution in [1.29, 1.82) is 0 Å². The van der Waals surface area contributed by atoms with E-state index in [-0.39, 0.29) is 43.2 Å². The molecule has 0 bridgehead atoms. The molecule has 7 nitrogen and oxygen atoms in total. The molecule has 1 aliphatic carbocycles. The monoisotopic (exact) mass is 478 g/mol. The maximum atomic E-state index is 12.9. The van der Waals surface area contributed by atoms with Crippen LogP contribution < -0.4 is 5.32 Å². The second-order valence-electron chi connectivity index (χ2n) is 9.61. The van der Waals surface area contributed by atoms with Crippen molar-refractivity contribution in [2.45, 2.75) is 57.4 Å². The number of alkyl carbamates (subject to hydrolysis) is 1. The molecule has 35 heavy (non-hydrogen) atoms. The number of carbonyl (C=O) groups is 3. The highest BCUT2D eigenvalue weighted by Gasteiger charge is 2.31. The Balaban J connectivity index is 1.34. The van der Waals surface area contributed by atoms with Crippen molar-refractivity contribution in [3.63, 3.8) is 0 Å². The van der Waals surface area contributed by atoms with Crippen LogP contribution in [-0.2, 0) is 14.3 Å². The molecule has 2 atom stereocenters. The van der Waals surface area contributed by atoms with E-state index in [9.17, 15) is 14.4 Å². The number of likely N-dealkylation sites (tertiary alicyclic amines) is 1. The number of amides is 2. The SMILES string of the molecule is CCCC[C@@H](CC(=O)N1CCC(CC(=O)O)C1)NC(=O)OCC1c2ccccc2-c2ccccc21. The lowest BCUT2D eigenvalue weighted by Gasteiger charge is -2.23. The lowest BCUT2D eigenvalue weighted by molar-refractivity contribution is -0.138. The van der Waals surface area contributed by atoms with E-state index in [1.165, 1.54) is 11.1 Å². The van der Waals surface area contributed by atoms with Gasteiger partial charge in [-0.1, -0.05) is 68.3 Å². The molecule has 2 aromatic carbocycles. The van der Waals surface area contributed by atoms with Gasteiger partial charge in [0, 0.05) is 37.9 Å². The molecule has 2 N–H and O–H groups in total. The van der Waals surface area contributed by atoms with E-state index < -0.39 is 12.1 Å². The molecule has 1 unspecified atom stereocenters. The Morgan fingerprint density at radius 1 is 1.09 bits per heavy atom. The van der Waals surface area contributed by atoms with Crippen LogP contribution in [0.25, 0.3) is 11.1 Å². The molecule has 0 spiro atoms. The number of ether oxygens (including phenoxy) is 1. The highest BCUT2D eigenvalue weighted by molar-refractivity contribution is 5.80. The summed E-state index contributed by atoms with van der Waals surface area (Å²) in [5.74, 6) is -0.889. The van der Waals surface area contributed by atoms with Crippen molar-refractivity contribution in [2.24, 2.45) is 5.92 Å². The largest absolute Gasteiger partial charge is 0.481 e.